The minimum Gasteiger partial charge on any atom is -0.486 e. The zero-order valence-corrected chi connectivity index (χ0v) is 18.5. The van der Waals surface area contributed by atoms with Gasteiger partial charge < -0.3 is 19.1 Å². The Bertz CT molecular complexity index is 1110. The summed E-state index contributed by atoms with van der Waals surface area (Å²) >= 11 is 0. The van der Waals surface area contributed by atoms with Crippen LogP contribution in [0.1, 0.15) is 56.4 Å². The third-order valence-electron chi connectivity index (χ3n) is 6.31. The maximum Gasteiger partial charge on any atom is 0.261 e. The molecule has 0 radical (unpaired) electrons. The zero-order chi connectivity index (χ0) is 22.9. The molecule has 3 heterocycles. The Labute approximate surface area is 192 Å². The van der Waals surface area contributed by atoms with Gasteiger partial charge in [0.2, 0.25) is 0 Å². The first kappa shape index (κ1) is 21.5. The highest BCUT2D eigenvalue weighted by molar-refractivity contribution is 6.22. The molecule has 0 bridgehead atoms. The van der Waals surface area contributed by atoms with Gasteiger partial charge in [-0.25, -0.2) is 0 Å². The van der Waals surface area contributed by atoms with Crippen molar-refractivity contribution in [2.45, 2.75) is 32.4 Å². The van der Waals surface area contributed by atoms with E-state index in [1.807, 2.05) is 25.1 Å². The molecule has 2 aromatic rings. The van der Waals surface area contributed by atoms with Gasteiger partial charge in [-0.2, -0.15) is 0 Å². The van der Waals surface area contributed by atoms with Gasteiger partial charge in [-0.3, -0.25) is 19.3 Å². The van der Waals surface area contributed by atoms with Gasteiger partial charge in [-0.05, 0) is 44.0 Å². The standard InChI is InChI=1S/C25H26N2O6/c1-2-26(14-17-5-3-7-21-22(17)33-12-11-32-21)23(28)16-8-9-19-20(13-16)25(30)27(24(19)29)15-18-6-4-10-31-18/h3,5,7-9,13,18H,2,4,6,10-12,14-15H2,1H3. The summed E-state index contributed by atoms with van der Waals surface area (Å²) in [6.07, 6.45) is 1.65. The van der Waals surface area contributed by atoms with Crippen LogP contribution in [-0.2, 0) is 11.3 Å². The summed E-state index contributed by atoms with van der Waals surface area (Å²) in [4.78, 5) is 42.0. The van der Waals surface area contributed by atoms with E-state index in [0.29, 0.717) is 55.5 Å². The fraction of sp³-hybridized carbons (Fsp3) is 0.400. The molecule has 1 atom stereocenters. The van der Waals surface area contributed by atoms with Crippen LogP contribution in [0, 0.1) is 0 Å². The minimum atomic E-state index is -0.370. The number of ether oxygens (including phenoxy) is 3. The fourth-order valence-electron chi connectivity index (χ4n) is 4.56. The average Bonchev–Trinajstić information content (AvgIpc) is 3.45. The van der Waals surface area contributed by atoms with E-state index in [1.54, 1.807) is 17.0 Å². The summed E-state index contributed by atoms with van der Waals surface area (Å²) in [6.45, 7) is 4.58. The number of hydrogen-bond acceptors (Lipinski definition) is 6. The van der Waals surface area contributed by atoms with Crippen LogP contribution in [0.4, 0.5) is 0 Å². The largest absolute Gasteiger partial charge is 0.486 e. The molecule has 0 spiro atoms. The van der Waals surface area contributed by atoms with E-state index in [1.165, 1.54) is 11.0 Å². The molecule has 33 heavy (non-hydrogen) atoms. The first-order valence-electron chi connectivity index (χ1n) is 11.4. The first-order valence-corrected chi connectivity index (χ1v) is 11.4. The van der Waals surface area contributed by atoms with E-state index in [4.69, 9.17) is 14.2 Å². The lowest BCUT2D eigenvalue weighted by Gasteiger charge is -2.25. The number of rotatable bonds is 6. The average molecular weight is 450 g/mol. The fourth-order valence-corrected chi connectivity index (χ4v) is 4.56. The maximum atomic E-state index is 13.3. The second-order valence-electron chi connectivity index (χ2n) is 8.38. The molecule has 1 saturated heterocycles. The highest BCUT2D eigenvalue weighted by atomic mass is 16.6. The van der Waals surface area contributed by atoms with Crippen LogP contribution in [0.2, 0.25) is 0 Å². The molecular weight excluding hydrogens is 424 g/mol. The molecule has 0 aliphatic carbocycles. The van der Waals surface area contributed by atoms with Gasteiger partial charge in [0.25, 0.3) is 17.7 Å². The number of benzene rings is 2. The molecule has 0 saturated carbocycles. The minimum absolute atomic E-state index is 0.119. The Morgan fingerprint density at radius 2 is 1.88 bits per heavy atom. The summed E-state index contributed by atoms with van der Waals surface area (Å²) in [7, 11) is 0. The topological polar surface area (TPSA) is 85.4 Å². The van der Waals surface area contributed by atoms with Crippen molar-refractivity contribution in [2.24, 2.45) is 0 Å². The highest BCUT2D eigenvalue weighted by Gasteiger charge is 2.38. The second-order valence-corrected chi connectivity index (χ2v) is 8.38. The van der Waals surface area contributed by atoms with E-state index < -0.39 is 0 Å². The van der Waals surface area contributed by atoms with Crippen molar-refractivity contribution in [3.05, 3.63) is 58.7 Å². The first-order chi connectivity index (χ1) is 16.1. The Hall–Kier alpha value is -3.39. The van der Waals surface area contributed by atoms with Crippen LogP contribution in [0.15, 0.2) is 36.4 Å². The van der Waals surface area contributed by atoms with Crippen molar-refractivity contribution in [3.63, 3.8) is 0 Å². The number of fused-ring (bicyclic) bond motifs is 2. The molecule has 1 unspecified atom stereocenters. The van der Waals surface area contributed by atoms with Gasteiger partial charge in [0.05, 0.1) is 23.8 Å². The van der Waals surface area contributed by atoms with E-state index >= 15 is 0 Å². The van der Waals surface area contributed by atoms with Crippen LogP contribution in [0.25, 0.3) is 0 Å². The predicted octanol–water partition coefficient (Wildman–Crippen LogP) is 2.90. The lowest BCUT2D eigenvalue weighted by molar-refractivity contribution is 0.0475. The number of nitrogens with zero attached hydrogens (tertiary/aromatic N) is 2. The monoisotopic (exact) mass is 450 g/mol. The number of hydrogen-bond donors (Lipinski definition) is 0. The molecule has 5 rings (SSSR count). The van der Waals surface area contributed by atoms with Crippen molar-refractivity contribution in [3.8, 4) is 11.5 Å². The molecule has 1 fully saturated rings. The summed E-state index contributed by atoms with van der Waals surface area (Å²) < 4.78 is 17.0. The smallest absolute Gasteiger partial charge is 0.261 e. The summed E-state index contributed by atoms with van der Waals surface area (Å²) in [5.41, 5.74) is 1.84. The van der Waals surface area contributed by atoms with Gasteiger partial charge in [-0.1, -0.05) is 12.1 Å². The summed E-state index contributed by atoms with van der Waals surface area (Å²) in [6, 6.07) is 10.4. The molecule has 172 valence electrons. The number of carbonyl (C=O) groups excluding carboxylic acids is 3. The van der Waals surface area contributed by atoms with E-state index in [0.717, 1.165) is 18.4 Å². The molecule has 0 aromatic heterocycles. The Morgan fingerprint density at radius 1 is 1.06 bits per heavy atom. The highest BCUT2D eigenvalue weighted by Crippen LogP contribution is 2.34. The maximum absolute atomic E-state index is 13.3. The van der Waals surface area contributed by atoms with Gasteiger partial charge in [-0.15, -0.1) is 0 Å². The van der Waals surface area contributed by atoms with E-state index in [-0.39, 0.29) is 35.9 Å². The van der Waals surface area contributed by atoms with Crippen molar-refractivity contribution in [2.75, 3.05) is 32.9 Å². The third-order valence-corrected chi connectivity index (χ3v) is 6.31. The third kappa shape index (κ3) is 3.95. The SMILES string of the molecule is CCN(Cc1cccc2c1OCCO2)C(=O)c1ccc2c(c1)C(=O)N(CC1CCCO1)C2=O. The zero-order valence-electron chi connectivity index (χ0n) is 18.5. The number of para-hydroxylation sites is 1. The molecule has 0 N–H and O–H groups in total. The van der Waals surface area contributed by atoms with Crippen molar-refractivity contribution in [1.29, 1.82) is 0 Å². The quantitative estimate of drug-likeness (QED) is 0.629. The lowest BCUT2D eigenvalue weighted by atomic mass is 10.0. The normalized spacial score (nSPS) is 19.1. The molecule has 3 aliphatic heterocycles. The van der Waals surface area contributed by atoms with Crippen LogP contribution in [0.3, 0.4) is 0 Å². The van der Waals surface area contributed by atoms with Crippen LogP contribution >= 0.6 is 0 Å². The van der Waals surface area contributed by atoms with E-state index in [9.17, 15) is 14.4 Å². The molecule has 8 nitrogen and oxygen atoms in total. The van der Waals surface area contributed by atoms with Gasteiger partial charge in [0.1, 0.15) is 13.2 Å². The second kappa shape index (κ2) is 8.86. The molecule has 8 heteroatoms. The van der Waals surface area contributed by atoms with Crippen molar-refractivity contribution >= 4 is 17.7 Å². The molecular formula is C25H26N2O6. The Balaban J connectivity index is 1.36. The van der Waals surface area contributed by atoms with Crippen LogP contribution in [0.5, 0.6) is 11.5 Å². The molecule has 2 aromatic carbocycles. The number of carbonyl (C=O) groups is 3. The summed E-state index contributed by atoms with van der Waals surface area (Å²) in [5, 5.41) is 0. The van der Waals surface area contributed by atoms with Crippen molar-refractivity contribution in [1.82, 2.24) is 9.80 Å². The van der Waals surface area contributed by atoms with Gasteiger partial charge >= 0.3 is 0 Å². The predicted molar refractivity (Wildman–Crippen MR) is 119 cm³/mol. The van der Waals surface area contributed by atoms with Gasteiger partial charge in [0, 0.05) is 30.8 Å². The van der Waals surface area contributed by atoms with Gasteiger partial charge in [0.15, 0.2) is 11.5 Å². The lowest BCUT2D eigenvalue weighted by Crippen LogP contribution is -2.36. The molecule has 3 amide bonds. The van der Waals surface area contributed by atoms with Crippen LogP contribution < -0.4 is 9.47 Å². The van der Waals surface area contributed by atoms with Crippen molar-refractivity contribution < 1.29 is 28.6 Å². The Morgan fingerprint density at radius 3 is 2.67 bits per heavy atom. The van der Waals surface area contributed by atoms with E-state index in [2.05, 4.69) is 0 Å². The Kier molecular flexibility index (Phi) is 5.76. The number of imide groups is 1. The number of amides is 3. The summed E-state index contributed by atoms with van der Waals surface area (Å²) in [5.74, 6) is 0.424. The van der Waals surface area contributed by atoms with Crippen LogP contribution in [-0.4, -0.2) is 66.5 Å². The molecule has 3 aliphatic rings.